The summed E-state index contributed by atoms with van der Waals surface area (Å²) >= 11 is 7.44. The van der Waals surface area contributed by atoms with Gasteiger partial charge in [-0.3, -0.25) is 14.5 Å². The Hall–Kier alpha value is -2.76. The number of fused-ring (bicyclic) bond motifs is 2. The van der Waals surface area contributed by atoms with E-state index in [0.29, 0.717) is 11.6 Å². The number of carbonyl (C=O) groups is 2. The summed E-state index contributed by atoms with van der Waals surface area (Å²) in [6, 6.07) is 23.2. The highest BCUT2D eigenvalue weighted by Crippen LogP contribution is 2.56. The second kappa shape index (κ2) is 7.74. The van der Waals surface area contributed by atoms with E-state index < -0.39 is 4.87 Å². The van der Waals surface area contributed by atoms with Gasteiger partial charge in [0.15, 0.2) is 0 Å². The predicted molar refractivity (Wildman–Crippen MR) is 127 cm³/mol. The van der Waals surface area contributed by atoms with E-state index in [4.69, 9.17) is 11.6 Å². The van der Waals surface area contributed by atoms with Gasteiger partial charge in [0.2, 0.25) is 10.8 Å². The molecule has 1 fully saturated rings. The summed E-state index contributed by atoms with van der Waals surface area (Å²) in [7, 11) is 0. The number of amides is 2. The Bertz CT molecular complexity index is 1180. The van der Waals surface area contributed by atoms with Crippen molar-refractivity contribution in [3.05, 3.63) is 94.5 Å². The molecule has 1 atom stereocenters. The lowest BCUT2D eigenvalue weighted by molar-refractivity contribution is -0.123. The van der Waals surface area contributed by atoms with Crippen molar-refractivity contribution in [2.45, 2.75) is 24.8 Å². The molecule has 2 heterocycles. The summed E-state index contributed by atoms with van der Waals surface area (Å²) in [5, 5.41) is 0.660. The number of aryl methyl sites for hydroxylation is 1. The van der Waals surface area contributed by atoms with Gasteiger partial charge in [-0.15, -0.1) is 11.8 Å². The smallest absolute Gasteiger partial charge is 0.269 e. The number of para-hydroxylation sites is 1. The van der Waals surface area contributed by atoms with Crippen LogP contribution in [0.5, 0.6) is 0 Å². The first-order chi connectivity index (χ1) is 15.0. The molecule has 1 saturated heterocycles. The number of halogens is 1. The number of thioether (sulfide) groups is 1. The maximum Gasteiger partial charge on any atom is 0.269 e. The molecule has 5 rings (SSSR count). The van der Waals surface area contributed by atoms with Gasteiger partial charge in [0.05, 0.1) is 18.0 Å². The maximum atomic E-state index is 14.0. The molecule has 0 aromatic heterocycles. The van der Waals surface area contributed by atoms with E-state index in [-0.39, 0.29) is 17.6 Å². The molecule has 1 spiro atoms. The zero-order chi connectivity index (χ0) is 21.6. The maximum absolute atomic E-state index is 14.0. The molecule has 2 aliphatic rings. The van der Waals surface area contributed by atoms with E-state index in [0.717, 1.165) is 34.5 Å². The molecule has 0 bridgehead atoms. The largest absolute Gasteiger partial charge is 0.304 e. The minimum absolute atomic E-state index is 0.0465. The van der Waals surface area contributed by atoms with E-state index in [2.05, 4.69) is 6.92 Å². The summed E-state index contributed by atoms with van der Waals surface area (Å²) < 4.78 is 0. The van der Waals surface area contributed by atoms with Crippen LogP contribution in [-0.4, -0.2) is 17.6 Å². The van der Waals surface area contributed by atoms with Gasteiger partial charge in [0, 0.05) is 16.3 Å². The molecule has 3 aromatic rings. The van der Waals surface area contributed by atoms with E-state index in [9.17, 15) is 9.59 Å². The molecule has 0 aliphatic carbocycles. The highest BCUT2D eigenvalue weighted by atomic mass is 35.5. The zero-order valence-electron chi connectivity index (χ0n) is 17.0. The SMILES string of the molecule is CCc1cccc(N2C(=O)CS[C@@]23C(=O)N(Cc2ccc(Cl)cc2)c2ccccc23)c1. The Balaban J connectivity index is 1.63. The fraction of sp³-hybridized carbons (Fsp3) is 0.200. The molecule has 0 unspecified atom stereocenters. The Morgan fingerprint density at radius 2 is 1.74 bits per heavy atom. The van der Waals surface area contributed by atoms with Crippen LogP contribution in [0.4, 0.5) is 11.4 Å². The number of benzene rings is 3. The summed E-state index contributed by atoms with van der Waals surface area (Å²) in [5.41, 5.74) is 4.60. The lowest BCUT2D eigenvalue weighted by atomic mass is 10.0. The third-order valence-electron chi connectivity index (χ3n) is 5.89. The number of hydrogen-bond acceptors (Lipinski definition) is 3. The van der Waals surface area contributed by atoms with Crippen LogP contribution < -0.4 is 9.80 Å². The van der Waals surface area contributed by atoms with Crippen molar-refractivity contribution in [2.24, 2.45) is 0 Å². The van der Waals surface area contributed by atoms with E-state index >= 15 is 0 Å². The number of nitrogens with zero attached hydrogens (tertiary/aromatic N) is 2. The number of anilines is 2. The Labute approximate surface area is 190 Å². The van der Waals surface area contributed by atoms with E-state index in [1.165, 1.54) is 11.8 Å². The average Bonchev–Trinajstić information content (AvgIpc) is 3.26. The fourth-order valence-electron chi connectivity index (χ4n) is 4.40. The van der Waals surface area contributed by atoms with Gasteiger partial charge in [-0.1, -0.05) is 61.0 Å². The van der Waals surface area contributed by atoms with Crippen LogP contribution in [0.25, 0.3) is 0 Å². The molecular weight excluding hydrogens is 428 g/mol. The highest BCUT2D eigenvalue weighted by Gasteiger charge is 2.60. The highest BCUT2D eigenvalue weighted by molar-refractivity contribution is 8.02. The molecule has 156 valence electrons. The Morgan fingerprint density at radius 1 is 0.968 bits per heavy atom. The second-order valence-corrected chi connectivity index (χ2v) is 9.32. The van der Waals surface area contributed by atoms with Gasteiger partial charge in [0.1, 0.15) is 0 Å². The van der Waals surface area contributed by atoms with Gasteiger partial charge in [-0.05, 0) is 47.9 Å². The van der Waals surface area contributed by atoms with Crippen LogP contribution in [0, 0.1) is 0 Å². The minimum atomic E-state index is -1.08. The summed E-state index contributed by atoms with van der Waals surface area (Å²) in [6.07, 6.45) is 0.864. The normalized spacial score (nSPS) is 20.1. The molecule has 2 amide bonds. The van der Waals surface area contributed by atoms with Gasteiger partial charge in [-0.2, -0.15) is 0 Å². The molecule has 6 heteroatoms. The predicted octanol–water partition coefficient (Wildman–Crippen LogP) is 5.38. The molecular formula is C25H21ClN2O2S. The molecule has 2 aliphatic heterocycles. The zero-order valence-corrected chi connectivity index (χ0v) is 18.6. The van der Waals surface area contributed by atoms with Crippen LogP contribution in [0.2, 0.25) is 5.02 Å². The summed E-state index contributed by atoms with van der Waals surface area (Å²) in [6.45, 7) is 2.51. The lowest BCUT2D eigenvalue weighted by Gasteiger charge is -2.33. The molecule has 0 N–H and O–H groups in total. The van der Waals surface area contributed by atoms with Crippen molar-refractivity contribution in [3.8, 4) is 0 Å². The number of rotatable bonds is 4. The quantitative estimate of drug-likeness (QED) is 0.537. The van der Waals surface area contributed by atoms with Crippen molar-refractivity contribution < 1.29 is 9.59 Å². The molecule has 3 aromatic carbocycles. The third kappa shape index (κ3) is 3.15. The van der Waals surface area contributed by atoms with Crippen molar-refractivity contribution in [3.63, 3.8) is 0 Å². The van der Waals surface area contributed by atoms with Crippen molar-refractivity contribution >= 4 is 46.6 Å². The standard InChI is InChI=1S/C25H21ClN2O2S/c1-2-17-6-5-7-20(14-17)28-23(29)16-31-25(28)21-8-3-4-9-22(21)27(24(25)30)15-18-10-12-19(26)13-11-18/h3-14H,2,15-16H2,1H3/t25-/m0/s1. The monoisotopic (exact) mass is 448 g/mol. The Kier molecular flexibility index (Phi) is 5.03. The van der Waals surface area contributed by atoms with Crippen molar-refractivity contribution in [1.29, 1.82) is 0 Å². The summed E-state index contributed by atoms with van der Waals surface area (Å²) in [4.78, 5) is 29.6. The van der Waals surface area contributed by atoms with Gasteiger partial charge < -0.3 is 4.90 Å². The molecule has 31 heavy (non-hydrogen) atoms. The topological polar surface area (TPSA) is 40.6 Å². The minimum Gasteiger partial charge on any atom is -0.304 e. The van der Waals surface area contributed by atoms with Crippen molar-refractivity contribution in [1.82, 2.24) is 0 Å². The number of carbonyl (C=O) groups excluding carboxylic acids is 2. The first-order valence-corrected chi connectivity index (χ1v) is 11.6. The van der Waals surface area contributed by atoms with E-state index in [1.807, 2.05) is 72.8 Å². The summed E-state index contributed by atoms with van der Waals surface area (Å²) in [5.74, 6) is 0.140. The average molecular weight is 449 g/mol. The molecule has 4 nitrogen and oxygen atoms in total. The first-order valence-electron chi connectivity index (χ1n) is 10.3. The first kappa shape index (κ1) is 20.2. The van der Waals surface area contributed by atoms with Crippen LogP contribution in [-0.2, 0) is 27.4 Å². The molecule has 0 radical (unpaired) electrons. The Morgan fingerprint density at radius 3 is 2.52 bits per heavy atom. The van der Waals surface area contributed by atoms with Crippen LogP contribution >= 0.6 is 23.4 Å². The lowest BCUT2D eigenvalue weighted by Crippen LogP contribution is -2.49. The van der Waals surface area contributed by atoms with Gasteiger partial charge in [0.25, 0.3) is 5.91 Å². The van der Waals surface area contributed by atoms with Crippen LogP contribution in [0.15, 0.2) is 72.8 Å². The van der Waals surface area contributed by atoms with Crippen LogP contribution in [0.1, 0.15) is 23.6 Å². The second-order valence-electron chi connectivity index (χ2n) is 7.72. The van der Waals surface area contributed by atoms with Crippen molar-refractivity contribution in [2.75, 3.05) is 15.6 Å². The van der Waals surface area contributed by atoms with Gasteiger partial charge >= 0.3 is 0 Å². The fourth-order valence-corrected chi connectivity index (χ4v) is 5.89. The van der Waals surface area contributed by atoms with Gasteiger partial charge in [-0.25, -0.2) is 0 Å². The van der Waals surface area contributed by atoms with Crippen LogP contribution in [0.3, 0.4) is 0 Å². The number of hydrogen-bond donors (Lipinski definition) is 0. The van der Waals surface area contributed by atoms with E-state index in [1.54, 1.807) is 9.80 Å². The third-order valence-corrected chi connectivity index (χ3v) is 7.53. The molecule has 0 saturated carbocycles.